The third-order valence-corrected chi connectivity index (χ3v) is 2.68. The largest absolute Gasteiger partial charge is 0.456 e. The van der Waals surface area contributed by atoms with Gasteiger partial charge in [0.2, 0.25) is 6.23 Å². The van der Waals surface area contributed by atoms with Crippen molar-refractivity contribution in [2.45, 2.75) is 26.2 Å². The molecule has 0 saturated carbocycles. The molecule has 1 fully saturated rings. The lowest BCUT2D eigenvalue weighted by Gasteiger charge is -2.29. The quantitative estimate of drug-likeness (QED) is 0.621. The van der Waals surface area contributed by atoms with Crippen LogP contribution in [-0.4, -0.2) is 18.4 Å². The summed E-state index contributed by atoms with van der Waals surface area (Å²) in [5.41, 5.74) is 0.824. The number of carbonyl (C=O) groups excluding carboxylic acids is 1. The smallest absolute Gasteiger partial charge is 0.410 e. The molecule has 0 bridgehead atoms. The normalized spacial score (nSPS) is 35.2. The summed E-state index contributed by atoms with van der Waals surface area (Å²) in [5, 5.41) is 11.3. The Balaban J connectivity index is 2.31. The number of alkyl carbamates (subject to hydrolysis) is 1. The SMILES string of the molecule is CC1=C(C#N)O[C@@H]2NC(=O)O[C@H]2[C@@H]1C. The van der Waals surface area contributed by atoms with Crippen molar-refractivity contribution in [3.8, 4) is 6.07 Å². The molecule has 2 rings (SSSR count). The van der Waals surface area contributed by atoms with Gasteiger partial charge < -0.3 is 9.47 Å². The maximum absolute atomic E-state index is 10.9. The molecule has 0 aliphatic carbocycles. The third-order valence-electron chi connectivity index (χ3n) is 2.68. The minimum absolute atomic E-state index is 0.0161. The lowest BCUT2D eigenvalue weighted by atomic mass is 9.92. The maximum atomic E-state index is 10.9. The van der Waals surface area contributed by atoms with Crippen LogP contribution in [0.3, 0.4) is 0 Å². The van der Waals surface area contributed by atoms with Crippen LogP contribution in [0.15, 0.2) is 11.3 Å². The van der Waals surface area contributed by atoms with E-state index in [9.17, 15) is 4.79 Å². The number of nitriles is 1. The van der Waals surface area contributed by atoms with E-state index in [1.807, 2.05) is 19.9 Å². The summed E-state index contributed by atoms with van der Waals surface area (Å²) >= 11 is 0. The number of fused-ring (bicyclic) bond motifs is 1. The molecule has 3 atom stereocenters. The Morgan fingerprint density at radius 2 is 2.21 bits per heavy atom. The predicted octanol–water partition coefficient (Wildman–Crippen LogP) is 0.885. The van der Waals surface area contributed by atoms with Gasteiger partial charge in [0.1, 0.15) is 6.07 Å². The summed E-state index contributed by atoms with van der Waals surface area (Å²) in [4.78, 5) is 10.9. The minimum Gasteiger partial charge on any atom is -0.456 e. The fourth-order valence-corrected chi connectivity index (χ4v) is 1.67. The zero-order valence-corrected chi connectivity index (χ0v) is 7.90. The van der Waals surface area contributed by atoms with Gasteiger partial charge in [0.15, 0.2) is 11.9 Å². The van der Waals surface area contributed by atoms with Gasteiger partial charge in [-0.15, -0.1) is 0 Å². The van der Waals surface area contributed by atoms with Crippen LogP contribution in [0.1, 0.15) is 13.8 Å². The molecule has 1 saturated heterocycles. The van der Waals surface area contributed by atoms with Crippen molar-refractivity contribution in [3.63, 3.8) is 0 Å². The lowest BCUT2D eigenvalue weighted by Crippen LogP contribution is -2.41. The summed E-state index contributed by atoms with van der Waals surface area (Å²) < 4.78 is 10.3. The Hall–Kier alpha value is -1.70. The Morgan fingerprint density at radius 1 is 1.50 bits per heavy atom. The highest BCUT2D eigenvalue weighted by Crippen LogP contribution is 2.32. The molecule has 0 unspecified atom stereocenters. The van der Waals surface area contributed by atoms with Gasteiger partial charge in [-0.25, -0.2) is 4.79 Å². The first kappa shape index (κ1) is 8.88. The molecule has 74 valence electrons. The van der Waals surface area contributed by atoms with E-state index >= 15 is 0 Å². The summed E-state index contributed by atoms with van der Waals surface area (Å²) in [6, 6.07) is 1.96. The van der Waals surface area contributed by atoms with Gasteiger partial charge in [-0.3, -0.25) is 5.32 Å². The second-order valence-electron chi connectivity index (χ2n) is 3.47. The maximum Gasteiger partial charge on any atom is 0.410 e. The molecule has 2 aliphatic rings. The predicted molar refractivity (Wildman–Crippen MR) is 45.8 cm³/mol. The number of amides is 1. The van der Waals surface area contributed by atoms with Crippen molar-refractivity contribution in [2.24, 2.45) is 5.92 Å². The van der Waals surface area contributed by atoms with Gasteiger partial charge in [0.05, 0.1) is 0 Å². The monoisotopic (exact) mass is 194 g/mol. The lowest BCUT2D eigenvalue weighted by molar-refractivity contribution is -0.00521. The number of allylic oxidation sites excluding steroid dienone is 1. The third kappa shape index (κ3) is 1.11. The van der Waals surface area contributed by atoms with Crippen LogP contribution < -0.4 is 5.32 Å². The number of carbonyl (C=O) groups is 1. The molecule has 0 spiro atoms. The second-order valence-corrected chi connectivity index (χ2v) is 3.47. The Labute approximate surface area is 81.3 Å². The Kier molecular flexibility index (Phi) is 1.84. The standard InChI is InChI=1S/C9H10N2O3/c1-4-5(2)7-8(11-9(12)14-7)13-6(4)3-10/h5,7-8H,1-2H3,(H,11,12)/t5-,7+,8+/m1/s1. The van der Waals surface area contributed by atoms with E-state index in [-0.39, 0.29) is 17.8 Å². The van der Waals surface area contributed by atoms with Gasteiger partial charge >= 0.3 is 6.09 Å². The number of hydrogen-bond donors (Lipinski definition) is 1. The summed E-state index contributed by atoms with van der Waals surface area (Å²) in [6.07, 6.45) is -1.32. The molecule has 1 amide bonds. The molecule has 0 aromatic carbocycles. The molecule has 0 aromatic rings. The van der Waals surface area contributed by atoms with Crippen LogP contribution in [0.4, 0.5) is 4.79 Å². The van der Waals surface area contributed by atoms with E-state index < -0.39 is 12.3 Å². The number of nitrogens with zero attached hydrogens (tertiary/aromatic N) is 1. The van der Waals surface area contributed by atoms with Crippen molar-refractivity contribution in [2.75, 3.05) is 0 Å². The first-order valence-corrected chi connectivity index (χ1v) is 4.38. The van der Waals surface area contributed by atoms with Crippen LogP contribution in [-0.2, 0) is 9.47 Å². The van der Waals surface area contributed by atoms with Crippen LogP contribution in [0, 0.1) is 17.2 Å². The molecule has 5 heteroatoms. The fraction of sp³-hybridized carbons (Fsp3) is 0.556. The average molecular weight is 194 g/mol. The van der Waals surface area contributed by atoms with E-state index in [1.165, 1.54) is 0 Å². The minimum atomic E-state index is -0.518. The van der Waals surface area contributed by atoms with Crippen LogP contribution in [0.5, 0.6) is 0 Å². The van der Waals surface area contributed by atoms with E-state index in [0.29, 0.717) is 0 Å². The van der Waals surface area contributed by atoms with E-state index in [1.54, 1.807) is 0 Å². The van der Waals surface area contributed by atoms with Crippen LogP contribution in [0.25, 0.3) is 0 Å². The van der Waals surface area contributed by atoms with Gasteiger partial charge in [-0.2, -0.15) is 5.26 Å². The first-order chi connectivity index (χ1) is 6.63. The van der Waals surface area contributed by atoms with E-state index in [2.05, 4.69) is 5.32 Å². The molecular formula is C9H10N2O3. The average Bonchev–Trinajstić information content (AvgIpc) is 2.52. The van der Waals surface area contributed by atoms with Crippen molar-refractivity contribution < 1.29 is 14.3 Å². The molecule has 2 heterocycles. The molecule has 0 radical (unpaired) electrons. The molecular weight excluding hydrogens is 184 g/mol. The number of rotatable bonds is 0. The van der Waals surface area contributed by atoms with Crippen molar-refractivity contribution in [3.05, 3.63) is 11.3 Å². The zero-order chi connectivity index (χ0) is 10.3. The Bertz CT molecular complexity index is 356. The first-order valence-electron chi connectivity index (χ1n) is 4.38. The van der Waals surface area contributed by atoms with Gasteiger partial charge in [0.25, 0.3) is 0 Å². The highest BCUT2D eigenvalue weighted by atomic mass is 16.6. The fourth-order valence-electron chi connectivity index (χ4n) is 1.67. The molecule has 2 aliphatic heterocycles. The second kappa shape index (κ2) is 2.91. The number of ether oxygens (including phenoxy) is 2. The van der Waals surface area contributed by atoms with Crippen molar-refractivity contribution >= 4 is 6.09 Å². The van der Waals surface area contributed by atoms with Crippen molar-refractivity contribution in [1.82, 2.24) is 5.32 Å². The molecule has 5 nitrogen and oxygen atoms in total. The zero-order valence-electron chi connectivity index (χ0n) is 7.90. The molecule has 14 heavy (non-hydrogen) atoms. The Morgan fingerprint density at radius 3 is 2.86 bits per heavy atom. The topological polar surface area (TPSA) is 71.3 Å². The van der Waals surface area contributed by atoms with Crippen LogP contribution >= 0.6 is 0 Å². The van der Waals surface area contributed by atoms with Crippen LogP contribution in [0.2, 0.25) is 0 Å². The summed E-state index contributed by atoms with van der Waals surface area (Å²) in [7, 11) is 0. The molecule has 0 aromatic heterocycles. The highest BCUT2D eigenvalue weighted by molar-refractivity contribution is 5.70. The highest BCUT2D eigenvalue weighted by Gasteiger charge is 2.44. The molecule has 1 N–H and O–H groups in total. The van der Waals surface area contributed by atoms with Gasteiger partial charge in [-0.05, 0) is 12.5 Å². The summed E-state index contributed by atoms with van der Waals surface area (Å²) in [5.74, 6) is 0.298. The summed E-state index contributed by atoms with van der Waals surface area (Å²) in [6.45, 7) is 3.72. The van der Waals surface area contributed by atoms with E-state index in [0.717, 1.165) is 5.57 Å². The van der Waals surface area contributed by atoms with Gasteiger partial charge in [0, 0.05) is 5.92 Å². The van der Waals surface area contributed by atoms with E-state index in [4.69, 9.17) is 14.7 Å². The number of hydrogen-bond acceptors (Lipinski definition) is 4. The number of nitrogens with one attached hydrogen (secondary N) is 1. The van der Waals surface area contributed by atoms with Crippen molar-refractivity contribution in [1.29, 1.82) is 5.26 Å². The van der Waals surface area contributed by atoms with Gasteiger partial charge in [-0.1, -0.05) is 6.92 Å².